The minimum Gasteiger partial charge on any atom is -0.377 e. The van der Waals surface area contributed by atoms with E-state index in [1.165, 1.54) is 5.56 Å². The molecule has 0 saturated heterocycles. The highest BCUT2D eigenvalue weighted by atomic mass is 16.5. The largest absolute Gasteiger partial charge is 0.377 e. The second kappa shape index (κ2) is 6.09. The zero-order valence-corrected chi connectivity index (χ0v) is 14.5. The number of hydrogen-bond acceptors (Lipinski definition) is 4. The normalized spacial score (nSPS) is 12.4. The molecule has 126 valence electrons. The zero-order valence-electron chi connectivity index (χ0n) is 14.5. The van der Waals surface area contributed by atoms with Crippen molar-refractivity contribution >= 4 is 11.3 Å². The van der Waals surface area contributed by atoms with Crippen LogP contribution in [0.25, 0.3) is 16.9 Å². The van der Waals surface area contributed by atoms with Crippen LogP contribution >= 0.6 is 0 Å². The number of anilines is 1. The maximum atomic E-state index is 5.14. The van der Waals surface area contributed by atoms with Gasteiger partial charge >= 0.3 is 0 Å². The Kier molecular flexibility index (Phi) is 3.76. The Labute approximate surface area is 146 Å². The molecule has 0 spiro atoms. The van der Waals surface area contributed by atoms with Gasteiger partial charge in [0.1, 0.15) is 17.1 Å². The Morgan fingerprint density at radius 2 is 1.92 bits per heavy atom. The van der Waals surface area contributed by atoms with Crippen LogP contribution in [0.5, 0.6) is 0 Å². The zero-order chi connectivity index (χ0) is 17.4. The smallest absolute Gasteiger partial charge is 0.140 e. The van der Waals surface area contributed by atoms with Gasteiger partial charge in [-0.15, -0.1) is 0 Å². The highest BCUT2D eigenvalue weighted by Gasteiger charge is 2.11. The quantitative estimate of drug-likeness (QED) is 0.584. The number of imidazole rings is 1. The highest BCUT2D eigenvalue weighted by Crippen LogP contribution is 2.24. The first-order valence-corrected chi connectivity index (χ1v) is 8.34. The maximum absolute atomic E-state index is 5.14. The van der Waals surface area contributed by atoms with Crippen molar-refractivity contribution in [2.75, 3.05) is 5.32 Å². The van der Waals surface area contributed by atoms with E-state index in [1.54, 1.807) is 0 Å². The van der Waals surface area contributed by atoms with E-state index in [2.05, 4.69) is 65.3 Å². The standard InChI is InChI=1S/C20H20N4O/c1-13-5-4-10-24-12-19(22-20(13)24)16-6-8-17(9-7-16)21-15(3)18-11-14(2)25-23-18/h4-12,15,21H,1-3H3. The van der Waals surface area contributed by atoms with E-state index in [4.69, 9.17) is 9.51 Å². The minimum absolute atomic E-state index is 0.0844. The molecule has 1 unspecified atom stereocenters. The van der Waals surface area contributed by atoms with Crippen molar-refractivity contribution in [2.24, 2.45) is 0 Å². The number of aromatic nitrogens is 3. The summed E-state index contributed by atoms with van der Waals surface area (Å²) in [7, 11) is 0. The van der Waals surface area contributed by atoms with E-state index in [9.17, 15) is 0 Å². The molecular formula is C20H20N4O. The lowest BCUT2D eigenvalue weighted by Gasteiger charge is -2.12. The van der Waals surface area contributed by atoms with Gasteiger partial charge in [-0.2, -0.15) is 0 Å². The maximum Gasteiger partial charge on any atom is 0.140 e. The second-order valence-electron chi connectivity index (χ2n) is 6.35. The summed E-state index contributed by atoms with van der Waals surface area (Å²) in [6.07, 6.45) is 4.09. The third kappa shape index (κ3) is 3.01. The molecule has 3 heterocycles. The van der Waals surface area contributed by atoms with Gasteiger partial charge in [-0.1, -0.05) is 23.4 Å². The predicted octanol–water partition coefficient (Wildman–Crippen LogP) is 4.78. The summed E-state index contributed by atoms with van der Waals surface area (Å²) in [4.78, 5) is 4.74. The highest BCUT2D eigenvalue weighted by molar-refractivity contribution is 5.66. The van der Waals surface area contributed by atoms with Gasteiger partial charge in [-0.3, -0.25) is 0 Å². The van der Waals surface area contributed by atoms with Crippen molar-refractivity contribution in [1.29, 1.82) is 0 Å². The van der Waals surface area contributed by atoms with Gasteiger partial charge in [0.25, 0.3) is 0 Å². The average molecular weight is 332 g/mol. The topological polar surface area (TPSA) is 55.4 Å². The summed E-state index contributed by atoms with van der Waals surface area (Å²) in [5.41, 5.74) is 6.17. The summed E-state index contributed by atoms with van der Waals surface area (Å²) in [6, 6.07) is 14.4. The lowest BCUT2D eigenvalue weighted by molar-refractivity contribution is 0.388. The summed E-state index contributed by atoms with van der Waals surface area (Å²) in [5, 5.41) is 7.50. The number of pyridine rings is 1. The van der Waals surface area contributed by atoms with E-state index in [0.29, 0.717) is 0 Å². The van der Waals surface area contributed by atoms with E-state index < -0.39 is 0 Å². The van der Waals surface area contributed by atoms with Crippen LogP contribution in [0.15, 0.2) is 59.4 Å². The van der Waals surface area contributed by atoms with Crippen molar-refractivity contribution in [3.63, 3.8) is 0 Å². The van der Waals surface area contributed by atoms with Crippen LogP contribution in [-0.4, -0.2) is 14.5 Å². The number of fused-ring (bicyclic) bond motifs is 1. The van der Waals surface area contributed by atoms with Crippen LogP contribution in [0.2, 0.25) is 0 Å². The third-order valence-corrected chi connectivity index (χ3v) is 4.33. The molecule has 4 aromatic rings. The number of rotatable bonds is 4. The fraction of sp³-hybridized carbons (Fsp3) is 0.200. The Bertz CT molecular complexity index is 1010. The van der Waals surface area contributed by atoms with Crippen molar-refractivity contribution in [3.8, 4) is 11.3 Å². The SMILES string of the molecule is Cc1cc(C(C)Nc2ccc(-c3cn4cccc(C)c4n3)cc2)no1. The third-order valence-electron chi connectivity index (χ3n) is 4.33. The van der Waals surface area contributed by atoms with E-state index in [0.717, 1.165) is 34.0 Å². The summed E-state index contributed by atoms with van der Waals surface area (Å²) in [6.45, 7) is 6.04. The van der Waals surface area contributed by atoms with Crippen LogP contribution in [0.3, 0.4) is 0 Å². The monoisotopic (exact) mass is 332 g/mol. The molecule has 1 aromatic carbocycles. The molecule has 5 nitrogen and oxygen atoms in total. The first kappa shape index (κ1) is 15.4. The number of nitrogens with zero attached hydrogens (tertiary/aromatic N) is 3. The van der Waals surface area contributed by atoms with Gasteiger partial charge < -0.3 is 14.2 Å². The van der Waals surface area contributed by atoms with Crippen LogP contribution in [0.1, 0.15) is 30.0 Å². The molecule has 0 radical (unpaired) electrons. The fourth-order valence-corrected chi connectivity index (χ4v) is 2.94. The van der Waals surface area contributed by atoms with Gasteiger partial charge in [-0.05, 0) is 44.5 Å². The molecule has 1 N–H and O–H groups in total. The van der Waals surface area contributed by atoms with E-state index in [-0.39, 0.29) is 6.04 Å². The molecular weight excluding hydrogens is 312 g/mol. The van der Waals surface area contributed by atoms with Crippen LogP contribution in [0.4, 0.5) is 5.69 Å². The first-order valence-electron chi connectivity index (χ1n) is 8.34. The number of hydrogen-bond donors (Lipinski definition) is 1. The molecule has 1 atom stereocenters. The van der Waals surface area contributed by atoms with Crippen LogP contribution < -0.4 is 5.32 Å². The van der Waals surface area contributed by atoms with Gasteiger partial charge in [-0.25, -0.2) is 4.98 Å². The van der Waals surface area contributed by atoms with Crippen LogP contribution in [0, 0.1) is 13.8 Å². The molecule has 0 aliphatic heterocycles. The number of benzene rings is 1. The predicted molar refractivity (Wildman–Crippen MR) is 98.6 cm³/mol. The molecule has 0 saturated carbocycles. The van der Waals surface area contributed by atoms with Gasteiger partial charge in [0, 0.05) is 29.7 Å². The number of aryl methyl sites for hydroxylation is 2. The van der Waals surface area contributed by atoms with E-state index in [1.807, 2.05) is 25.3 Å². The lowest BCUT2D eigenvalue weighted by atomic mass is 10.1. The molecule has 5 heteroatoms. The Hall–Kier alpha value is -3.08. The molecule has 0 aliphatic rings. The van der Waals surface area contributed by atoms with Gasteiger partial charge in [0.2, 0.25) is 0 Å². The first-order chi connectivity index (χ1) is 12.1. The second-order valence-corrected chi connectivity index (χ2v) is 6.35. The molecule has 0 amide bonds. The summed E-state index contributed by atoms with van der Waals surface area (Å²) >= 11 is 0. The average Bonchev–Trinajstić information content (AvgIpc) is 3.23. The van der Waals surface area contributed by atoms with Crippen LogP contribution in [-0.2, 0) is 0 Å². The summed E-state index contributed by atoms with van der Waals surface area (Å²) < 4.78 is 7.20. The Balaban J connectivity index is 1.55. The van der Waals surface area contributed by atoms with Crippen molar-refractivity contribution in [1.82, 2.24) is 14.5 Å². The molecule has 0 fully saturated rings. The van der Waals surface area contributed by atoms with E-state index >= 15 is 0 Å². The molecule has 0 aliphatic carbocycles. The molecule has 0 bridgehead atoms. The van der Waals surface area contributed by atoms with Crippen molar-refractivity contribution in [3.05, 3.63) is 71.9 Å². The molecule has 25 heavy (non-hydrogen) atoms. The Morgan fingerprint density at radius 3 is 2.60 bits per heavy atom. The molecule has 4 rings (SSSR count). The summed E-state index contributed by atoms with van der Waals surface area (Å²) in [5.74, 6) is 0.820. The minimum atomic E-state index is 0.0844. The van der Waals surface area contributed by atoms with Crippen molar-refractivity contribution < 1.29 is 4.52 Å². The fourth-order valence-electron chi connectivity index (χ4n) is 2.94. The number of nitrogens with one attached hydrogen (secondary N) is 1. The lowest BCUT2D eigenvalue weighted by Crippen LogP contribution is -2.06. The van der Waals surface area contributed by atoms with Crippen molar-refractivity contribution in [2.45, 2.75) is 26.8 Å². The van der Waals surface area contributed by atoms with Gasteiger partial charge in [0.15, 0.2) is 0 Å². The van der Waals surface area contributed by atoms with Gasteiger partial charge in [0.05, 0.1) is 11.7 Å². The molecule has 3 aromatic heterocycles. The Morgan fingerprint density at radius 1 is 1.12 bits per heavy atom.